The molecule has 0 aromatic heterocycles. The van der Waals surface area contributed by atoms with Crippen molar-refractivity contribution >= 4 is 5.91 Å². The first-order valence-corrected chi connectivity index (χ1v) is 6.31. The van der Waals surface area contributed by atoms with E-state index >= 15 is 0 Å². The van der Waals surface area contributed by atoms with Crippen LogP contribution in [0, 0.1) is 0 Å². The molecule has 0 atom stereocenters. The van der Waals surface area contributed by atoms with Crippen LogP contribution in [-0.4, -0.2) is 47.5 Å². The van der Waals surface area contributed by atoms with Crippen LogP contribution in [0.15, 0.2) is 24.3 Å². The van der Waals surface area contributed by atoms with Crippen LogP contribution in [0.5, 0.6) is 5.75 Å². The zero-order chi connectivity index (χ0) is 13.5. The number of phenols is 1. The fourth-order valence-electron chi connectivity index (χ4n) is 1.90. The summed E-state index contributed by atoms with van der Waals surface area (Å²) in [4.78, 5) is 15.6. The van der Waals surface area contributed by atoms with Gasteiger partial charge in [-0.05, 0) is 27.0 Å². The summed E-state index contributed by atoms with van der Waals surface area (Å²) < 4.78 is 0. The van der Waals surface area contributed by atoms with Crippen molar-refractivity contribution in [3.63, 3.8) is 0 Å². The Morgan fingerprint density at radius 2 is 1.83 bits per heavy atom. The van der Waals surface area contributed by atoms with Gasteiger partial charge in [-0.1, -0.05) is 18.2 Å². The Morgan fingerprint density at radius 3 is 2.39 bits per heavy atom. The van der Waals surface area contributed by atoms with Crippen LogP contribution in [0.3, 0.4) is 0 Å². The highest BCUT2D eigenvalue weighted by molar-refractivity contribution is 5.78. The first kappa shape index (κ1) is 14.5. The quantitative estimate of drug-likeness (QED) is 0.835. The average Bonchev–Trinajstić information content (AvgIpc) is 2.33. The highest BCUT2D eigenvalue weighted by Gasteiger charge is 2.13. The molecule has 1 aromatic rings. The molecule has 100 valence electrons. The number of amides is 1. The molecule has 0 saturated heterocycles. The monoisotopic (exact) mass is 250 g/mol. The molecule has 1 amide bonds. The standard InChI is InChI=1S/C14H22N2O2/c1-4-16(5-2)14(18)11-15(3)10-12-8-6-7-9-13(12)17/h6-9,17H,4-5,10-11H2,1-3H3. The maximum atomic E-state index is 11.9. The molecule has 1 N–H and O–H groups in total. The lowest BCUT2D eigenvalue weighted by Crippen LogP contribution is -2.38. The fraction of sp³-hybridized carbons (Fsp3) is 0.500. The lowest BCUT2D eigenvalue weighted by molar-refractivity contribution is -0.131. The summed E-state index contributed by atoms with van der Waals surface area (Å²) in [6.45, 7) is 6.37. The summed E-state index contributed by atoms with van der Waals surface area (Å²) in [6, 6.07) is 7.21. The van der Waals surface area contributed by atoms with Crippen molar-refractivity contribution in [3.8, 4) is 5.75 Å². The van der Waals surface area contributed by atoms with Gasteiger partial charge in [-0.25, -0.2) is 0 Å². The Hall–Kier alpha value is -1.55. The van der Waals surface area contributed by atoms with E-state index in [0.29, 0.717) is 13.1 Å². The molecule has 0 radical (unpaired) electrons. The van der Waals surface area contributed by atoms with Crippen LogP contribution in [0.1, 0.15) is 19.4 Å². The van der Waals surface area contributed by atoms with Crippen molar-refractivity contribution in [1.29, 1.82) is 0 Å². The predicted octanol–water partition coefficient (Wildman–Crippen LogP) is 1.69. The van der Waals surface area contributed by atoms with Gasteiger partial charge in [0, 0.05) is 25.2 Å². The number of para-hydroxylation sites is 1. The van der Waals surface area contributed by atoms with Gasteiger partial charge in [-0.3, -0.25) is 9.69 Å². The minimum Gasteiger partial charge on any atom is -0.508 e. The van der Waals surface area contributed by atoms with Crippen LogP contribution in [0.2, 0.25) is 0 Å². The van der Waals surface area contributed by atoms with Crippen LogP contribution >= 0.6 is 0 Å². The normalized spacial score (nSPS) is 10.7. The molecule has 4 nitrogen and oxygen atoms in total. The maximum absolute atomic E-state index is 11.9. The van der Waals surface area contributed by atoms with Gasteiger partial charge in [0.1, 0.15) is 5.75 Å². The second-order valence-corrected chi connectivity index (χ2v) is 4.37. The van der Waals surface area contributed by atoms with Crippen molar-refractivity contribution in [2.75, 3.05) is 26.7 Å². The van der Waals surface area contributed by atoms with Gasteiger partial charge in [0.25, 0.3) is 0 Å². The van der Waals surface area contributed by atoms with Crippen LogP contribution in [0.25, 0.3) is 0 Å². The van der Waals surface area contributed by atoms with E-state index in [0.717, 1.165) is 18.7 Å². The Balaban J connectivity index is 2.54. The molecule has 0 unspecified atom stereocenters. The lowest BCUT2D eigenvalue weighted by Gasteiger charge is -2.23. The highest BCUT2D eigenvalue weighted by atomic mass is 16.3. The summed E-state index contributed by atoms with van der Waals surface area (Å²) in [6.07, 6.45) is 0. The third kappa shape index (κ3) is 4.04. The Morgan fingerprint density at radius 1 is 1.22 bits per heavy atom. The predicted molar refractivity (Wildman–Crippen MR) is 72.4 cm³/mol. The van der Waals surface area contributed by atoms with E-state index in [9.17, 15) is 9.90 Å². The largest absolute Gasteiger partial charge is 0.508 e. The molecule has 0 heterocycles. The molecule has 1 rings (SSSR count). The minimum atomic E-state index is 0.123. The molecule has 0 saturated carbocycles. The van der Waals surface area contributed by atoms with Crippen molar-refractivity contribution in [1.82, 2.24) is 9.80 Å². The molecule has 0 fully saturated rings. The molecule has 0 bridgehead atoms. The highest BCUT2D eigenvalue weighted by Crippen LogP contribution is 2.16. The van der Waals surface area contributed by atoms with Gasteiger partial charge in [0.15, 0.2) is 0 Å². The van der Waals surface area contributed by atoms with Crippen LogP contribution < -0.4 is 0 Å². The van der Waals surface area contributed by atoms with Gasteiger partial charge in [-0.2, -0.15) is 0 Å². The Labute approximate surface area is 109 Å². The summed E-state index contributed by atoms with van der Waals surface area (Å²) in [7, 11) is 1.88. The summed E-state index contributed by atoms with van der Waals surface area (Å²) in [5, 5.41) is 9.67. The van der Waals surface area contributed by atoms with Crippen molar-refractivity contribution in [3.05, 3.63) is 29.8 Å². The number of benzene rings is 1. The first-order valence-electron chi connectivity index (χ1n) is 6.31. The van der Waals surface area contributed by atoms with Crippen LogP contribution in [0.4, 0.5) is 0 Å². The van der Waals surface area contributed by atoms with E-state index in [1.807, 2.05) is 37.9 Å². The molecule has 1 aromatic carbocycles. The zero-order valence-electron chi connectivity index (χ0n) is 11.4. The molecule has 0 aliphatic carbocycles. The number of nitrogens with zero attached hydrogens (tertiary/aromatic N) is 2. The van der Waals surface area contributed by atoms with E-state index in [4.69, 9.17) is 0 Å². The van der Waals surface area contributed by atoms with Crippen LogP contribution in [-0.2, 0) is 11.3 Å². The van der Waals surface area contributed by atoms with E-state index < -0.39 is 0 Å². The van der Waals surface area contributed by atoms with Gasteiger partial charge >= 0.3 is 0 Å². The fourth-order valence-corrected chi connectivity index (χ4v) is 1.90. The number of carbonyl (C=O) groups excluding carboxylic acids is 1. The second-order valence-electron chi connectivity index (χ2n) is 4.37. The Kier molecular flexibility index (Phi) is 5.65. The summed E-state index contributed by atoms with van der Waals surface area (Å²) in [5.74, 6) is 0.401. The number of phenolic OH excluding ortho intramolecular Hbond substituents is 1. The smallest absolute Gasteiger partial charge is 0.236 e. The number of carbonyl (C=O) groups is 1. The third-order valence-electron chi connectivity index (χ3n) is 2.95. The van der Waals surface area contributed by atoms with Gasteiger partial charge in [0.05, 0.1) is 6.54 Å². The first-order chi connectivity index (χ1) is 8.58. The number of aromatic hydroxyl groups is 1. The lowest BCUT2D eigenvalue weighted by atomic mass is 10.2. The summed E-state index contributed by atoms with van der Waals surface area (Å²) >= 11 is 0. The number of likely N-dealkylation sites (N-methyl/N-ethyl adjacent to an activating group) is 2. The van der Waals surface area contributed by atoms with E-state index in [1.165, 1.54) is 0 Å². The molecular weight excluding hydrogens is 228 g/mol. The molecule has 4 heteroatoms. The SMILES string of the molecule is CCN(CC)C(=O)CN(C)Cc1ccccc1O. The summed E-state index contributed by atoms with van der Waals surface area (Å²) in [5.41, 5.74) is 0.840. The van der Waals surface area contributed by atoms with Crippen molar-refractivity contribution < 1.29 is 9.90 Å². The molecular formula is C14H22N2O2. The van der Waals surface area contributed by atoms with Gasteiger partial charge in [0.2, 0.25) is 5.91 Å². The second kappa shape index (κ2) is 7.01. The molecule has 0 spiro atoms. The van der Waals surface area contributed by atoms with Gasteiger partial charge in [-0.15, -0.1) is 0 Å². The topological polar surface area (TPSA) is 43.8 Å². The zero-order valence-corrected chi connectivity index (χ0v) is 11.4. The van der Waals surface area contributed by atoms with E-state index in [1.54, 1.807) is 17.0 Å². The van der Waals surface area contributed by atoms with Crippen molar-refractivity contribution in [2.24, 2.45) is 0 Å². The number of hydrogen-bond acceptors (Lipinski definition) is 3. The third-order valence-corrected chi connectivity index (χ3v) is 2.95. The number of hydrogen-bond donors (Lipinski definition) is 1. The van der Waals surface area contributed by atoms with E-state index in [2.05, 4.69) is 0 Å². The van der Waals surface area contributed by atoms with Crippen molar-refractivity contribution in [2.45, 2.75) is 20.4 Å². The van der Waals surface area contributed by atoms with E-state index in [-0.39, 0.29) is 11.7 Å². The minimum absolute atomic E-state index is 0.123. The maximum Gasteiger partial charge on any atom is 0.236 e. The molecule has 18 heavy (non-hydrogen) atoms. The molecule has 0 aliphatic heterocycles. The van der Waals surface area contributed by atoms with Gasteiger partial charge < -0.3 is 10.0 Å². The molecule has 0 aliphatic rings. The number of rotatable bonds is 6. The Bertz CT molecular complexity index is 389. The average molecular weight is 250 g/mol.